The minimum absolute atomic E-state index is 0.717. The Morgan fingerprint density at radius 3 is 2.50 bits per heavy atom. The highest BCUT2D eigenvalue weighted by Gasteiger charge is 2.34. The van der Waals surface area contributed by atoms with Gasteiger partial charge in [0.05, 0.1) is 0 Å². The summed E-state index contributed by atoms with van der Waals surface area (Å²) < 4.78 is 0. The van der Waals surface area contributed by atoms with Gasteiger partial charge >= 0.3 is 0 Å². The average molecular weight is 167 g/mol. The van der Waals surface area contributed by atoms with Crippen molar-refractivity contribution in [1.29, 1.82) is 0 Å². The van der Waals surface area contributed by atoms with Gasteiger partial charge in [0.15, 0.2) is 5.96 Å². The molecule has 0 aliphatic heterocycles. The second-order valence-corrected chi connectivity index (χ2v) is 3.91. The molecule has 0 aromatic rings. The molecule has 2 fully saturated rings. The summed E-state index contributed by atoms with van der Waals surface area (Å²) in [5.74, 6) is 1.65. The van der Waals surface area contributed by atoms with Gasteiger partial charge in [0.1, 0.15) is 0 Å². The van der Waals surface area contributed by atoms with Crippen LogP contribution in [0.15, 0.2) is 4.99 Å². The highest BCUT2D eigenvalue weighted by atomic mass is 15.3. The number of nitrogens with zero attached hydrogens (tertiary/aromatic N) is 2. The Labute approximate surface area is 73.6 Å². The third-order valence-corrected chi connectivity index (χ3v) is 2.66. The molecule has 0 aromatic heterocycles. The van der Waals surface area contributed by atoms with Crippen LogP contribution in [0.3, 0.4) is 0 Å². The Morgan fingerprint density at radius 2 is 2.08 bits per heavy atom. The number of rotatable bonds is 3. The minimum Gasteiger partial charge on any atom is -0.370 e. The van der Waals surface area contributed by atoms with Crippen molar-refractivity contribution < 1.29 is 0 Å². The molecule has 3 nitrogen and oxygen atoms in total. The first-order valence-electron chi connectivity index (χ1n) is 4.80. The lowest BCUT2D eigenvalue weighted by Gasteiger charge is -2.22. The van der Waals surface area contributed by atoms with Crippen LogP contribution in [-0.4, -0.2) is 30.5 Å². The molecule has 68 valence electrons. The summed E-state index contributed by atoms with van der Waals surface area (Å²) >= 11 is 0. The van der Waals surface area contributed by atoms with Crippen LogP contribution in [0.5, 0.6) is 0 Å². The van der Waals surface area contributed by atoms with Crippen LogP contribution in [0.1, 0.15) is 25.7 Å². The molecule has 0 radical (unpaired) electrons. The van der Waals surface area contributed by atoms with Crippen molar-refractivity contribution in [3.63, 3.8) is 0 Å². The lowest BCUT2D eigenvalue weighted by molar-refractivity contribution is 0.386. The second kappa shape index (κ2) is 2.96. The monoisotopic (exact) mass is 167 g/mol. The van der Waals surface area contributed by atoms with Gasteiger partial charge in [-0.2, -0.15) is 0 Å². The third kappa shape index (κ3) is 1.71. The first kappa shape index (κ1) is 7.90. The number of guanidine groups is 1. The van der Waals surface area contributed by atoms with Crippen molar-refractivity contribution in [2.45, 2.75) is 31.7 Å². The Morgan fingerprint density at radius 1 is 1.42 bits per heavy atom. The van der Waals surface area contributed by atoms with Crippen LogP contribution in [-0.2, 0) is 0 Å². The normalized spacial score (nSPS) is 24.2. The summed E-state index contributed by atoms with van der Waals surface area (Å²) in [6.07, 6.45) is 5.40. The van der Waals surface area contributed by atoms with Gasteiger partial charge in [-0.05, 0) is 31.6 Å². The number of hydrogen-bond acceptors (Lipinski definition) is 1. The lowest BCUT2D eigenvalue weighted by Crippen LogP contribution is -2.40. The van der Waals surface area contributed by atoms with E-state index in [4.69, 9.17) is 5.73 Å². The first-order chi connectivity index (χ1) is 5.81. The zero-order valence-electron chi connectivity index (χ0n) is 7.66. The summed E-state index contributed by atoms with van der Waals surface area (Å²) in [4.78, 5) is 6.34. The van der Waals surface area contributed by atoms with Crippen LogP contribution < -0.4 is 5.73 Å². The highest BCUT2D eigenvalue weighted by Crippen LogP contribution is 2.34. The van der Waals surface area contributed by atoms with E-state index in [2.05, 4.69) is 9.89 Å². The average Bonchev–Trinajstić information content (AvgIpc) is 2.88. The van der Waals surface area contributed by atoms with Crippen LogP contribution in [0.4, 0.5) is 0 Å². The standard InChI is InChI=1S/C9H17N3/c1-11-9(10)12(8-4-5-8)6-7-2-3-7/h7-8H,2-6H2,1H3,(H2,10,11). The maximum Gasteiger partial charge on any atom is 0.191 e. The van der Waals surface area contributed by atoms with E-state index in [-0.39, 0.29) is 0 Å². The van der Waals surface area contributed by atoms with E-state index >= 15 is 0 Å². The summed E-state index contributed by atoms with van der Waals surface area (Å²) in [7, 11) is 1.78. The van der Waals surface area contributed by atoms with Crippen LogP contribution >= 0.6 is 0 Å². The van der Waals surface area contributed by atoms with E-state index in [9.17, 15) is 0 Å². The van der Waals surface area contributed by atoms with Crippen LogP contribution in [0.25, 0.3) is 0 Å². The van der Waals surface area contributed by atoms with Crippen molar-refractivity contribution in [2.75, 3.05) is 13.6 Å². The maximum atomic E-state index is 5.81. The Balaban J connectivity index is 1.90. The molecule has 3 heteroatoms. The molecule has 0 unspecified atom stereocenters. The fraction of sp³-hybridized carbons (Fsp3) is 0.889. The molecule has 2 aliphatic rings. The van der Waals surface area contributed by atoms with E-state index in [1.54, 1.807) is 7.05 Å². The fourth-order valence-electron chi connectivity index (χ4n) is 1.52. The van der Waals surface area contributed by atoms with Gasteiger partial charge in [0.25, 0.3) is 0 Å². The molecular formula is C9H17N3. The number of aliphatic imine (C=N–C) groups is 1. The molecule has 0 spiro atoms. The molecule has 2 rings (SSSR count). The molecule has 0 heterocycles. The molecule has 0 saturated heterocycles. The molecule has 2 N–H and O–H groups in total. The molecule has 2 aliphatic carbocycles. The topological polar surface area (TPSA) is 41.6 Å². The maximum absolute atomic E-state index is 5.81. The van der Waals surface area contributed by atoms with E-state index < -0.39 is 0 Å². The van der Waals surface area contributed by atoms with Crippen molar-refractivity contribution in [2.24, 2.45) is 16.6 Å². The molecule has 0 bridgehead atoms. The Hall–Kier alpha value is -0.730. The van der Waals surface area contributed by atoms with Gasteiger partial charge in [-0.1, -0.05) is 0 Å². The largest absolute Gasteiger partial charge is 0.370 e. The lowest BCUT2D eigenvalue weighted by atomic mass is 10.3. The number of nitrogens with two attached hydrogens (primary N) is 1. The van der Waals surface area contributed by atoms with E-state index in [0.29, 0.717) is 6.04 Å². The zero-order valence-corrected chi connectivity index (χ0v) is 7.66. The molecular weight excluding hydrogens is 150 g/mol. The van der Waals surface area contributed by atoms with E-state index in [1.165, 1.54) is 25.7 Å². The van der Waals surface area contributed by atoms with Gasteiger partial charge in [-0.15, -0.1) is 0 Å². The van der Waals surface area contributed by atoms with Crippen molar-refractivity contribution >= 4 is 5.96 Å². The predicted molar refractivity (Wildman–Crippen MR) is 50.0 cm³/mol. The Bertz CT molecular complexity index is 192. The van der Waals surface area contributed by atoms with E-state index in [0.717, 1.165) is 18.4 Å². The number of hydrogen-bond donors (Lipinski definition) is 1. The molecule has 2 saturated carbocycles. The SMILES string of the molecule is CN=C(N)N(CC1CC1)C1CC1. The predicted octanol–water partition coefficient (Wildman–Crippen LogP) is 0.805. The van der Waals surface area contributed by atoms with Gasteiger partial charge in [0.2, 0.25) is 0 Å². The van der Waals surface area contributed by atoms with Gasteiger partial charge in [-0.3, -0.25) is 4.99 Å². The molecule has 12 heavy (non-hydrogen) atoms. The van der Waals surface area contributed by atoms with Crippen molar-refractivity contribution in [3.8, 4) is 0 Å². The smallest absolute Gasteiger partial charge is 0.191 e. The van der Waals surface area contributed by atoms with Crippen LogP contribution in [0, 0.1) is 5.92 Å². The van der Waals surface area contributed by atoms with E-state index in [1.807, 2.05) is 0 Å². The quantitative estimate of drug-likeness (QED) is 0.499. The fourth-order valence-corrected chi connectivity index (χ4v) is 1.52. The van der Waals surface area contributed by atoms with Gasteiger partial charge in [0, 0.05) is 19.6 Å². The molecule has 0 amide bonds. The highest BCUT2D eigenvalue weighted by molar-refractivity contribution is 5.78. The second-order valence-electron chi connectivity index (χ2n) is 3.91. The van der Waals surface area contributed by atoms with Crippen molar-refractivity contribution in [3.05, 3.63) is 0 Å². The van der Waals surface area contributed by atoms with Gasteiger partial charge in [-0.25, -0.2) is 0 Å². The third-order valence-electron chi connectivity index (χ3n) is 2.66. The van der Waals surface area contributed by atoms with Gasteiger partial charge < -0.3 is 10.6 Å². The summed E-state index contributed by atoms with van der Waals surface area (Å²) in [6.45, 7) is 1.15. The van der Waals surface area contributed by atoms with Crippen molar-refractivity contribution in [1.82, 2.24) is 4.90 Å². The Kier molecular flexibility index (Phi) is 1.95. The summed E-state index contributed by atoms with van der Waals surface area (Å²) in [5, 5.41) is 0. The minimum atomic E-state index is 0.717. The zero-order chi connectivity index (χ0) is 8.55. The molecule has 0 atom stereocenters. The first-order valence-corrected chi connectivity index (χ1v) is 4.80. The van der Waals surface area contributed by atoms with Crippen LogP contribution in [0.2, 0.25) is 0 Å². The summed E-state index contributed by atoms with van der Waals surface area (Å²) in [6, 6.07) is 0.717. The summed E-state index contributed by atoms with van der Waals surface area (Å²) in [5.41, 5.74) is 5.81. The molecule has 0 aromatic carbocycles.